The Hall–Kier alpha value is -3.47. The largest absolute Gasteiger partial charge is 0.506 e. The Labute approximate surface area is 192 Å². The Kier molecular flexibility index (Phi) is 4.54. The average molecular weight is 445 g/mol. The Balaban J connectivity index is 1.92. The summed E-state index contributed by atoms with van der Waals surface area (Å²) in [6.07, 6.45) is 10.2. The summed E-state index contributed by atoms with van der Waals surface area (Å²) in [5.74, 6) is 0.892. The third-order valence-corrected chi connectivity index (χ3v) is 6.09. The van der Waals surface area contributed by atoms with Crippen LogP contribution >= 0.6 is 0 Å². The van der Waals surface area contributed by atoms with Crippen molar-refractivity contribution in [1.29, 1.82) is 0 Å². The van der Waals surface area contributed by atoms with Gasteiger partial charge >= 0.3 is 0 Å². The van der Waals surface area contributed by atoms with E-state index >= 15 is 0 Å². The van der Waals surface area contributed by atoms with Crippen LogP contribution in [-0.4, -0.2) is 16.3 Å². The predicted molar refractivity (Wildman–Crippen MR) is 132 cm³/mol. The highest BCUT2D eigenvalue weighted by Crippen LogP contribution is 2.46. The lowest BCUT2D eigenvalue weighted by molar-refractivity contribution is 0.157. The van der Waals surface area contributed by atoms with E-state index in [0.29, 0.717) is 40.0 Å². The number of ether oxygens (including phenoxy) is 2. The summed E-state index contributed by atoms with van der Waals surface area (Å²) >= 11 is 0. The summed E-state index contributed by atoms with van der Waals surface area (Å²) in [6, 6.07) is 3.67. The molecule has 0 atom stereocenters. The Morgan fingerprint density at radius 3 is 2.33 bits per heavy atom. The maximum absolute atomic E-state index is 13.9. The molecule has 3 aromatic rings. The second kappa shape index (κ2) is 7.01. The third-order valence-electron chi connectivity index (χ3n) is 6.09. The third kappa shape index (κ3) is 3.43. The van der Waals surface area contributed by atoms with E-state index in [4.69, 9.17) is 13.9 Å². The smallest absolute Gasteiger partial charge is 0.208 e. The number of hydrogen-bond acceptors (Lipinski definition) is 5. The van der Waals surface area contributed by atoms with Crippen LogP contribution in [0.25, 0.3) is 34.1 Å². The SMILES string of the molecule is CC(C)=CCc1c2c(c(O)c3c(=O)c4c5c(ccc4oc13)C=CC(C)(C)O5)C=CC(C)(C)O2. The van der Waals surface area contributed by atoms with Gasteiger partial charge in [-0.25, -0.2) is 0 Å². The molecule has 5 rings (SSSR count). The summed E-state index contributed by atoms with van der Waals surface area (Å²) in [6.45, 7) is 11.8. The molecule has 170 valence electrons. The summed E-state index contributed by atoms with van der Waals surface area (Å²) in [5.41, 5.74) is 2.53. The summed E-state index contributed by atoms with van der Waals surface area (Å²) < 4.78 is 18.8. The summed E-state index contributed by atoms with van der Waals surface area (Å²) in [4.78, 5) is 13.9. The van der Waals surface area contributed by atoms with Crippen LogP contribution in [-0.2, 0) is 6.42 Å². The second-order valence-electron chi connectivity index (χ2n) is 10.1. The van der Waals surface area contributed by atoms with E-state index in [9.17, 15) is 9.90 Å². The van der Waals surface area contributed by atoms with Crippen molar-refractivity contribution in [2.24, 2.45) is 0 Å². The number of phenolic OH excluding ortho intramolecular Hbond substituents is 1. The van der Waals surface area contributed by atoms with Gasteiger partial charge in [0, 0.05) is 11.1 Å². The van der Waals surface area contributed by atoms with Gasteiger partial charge in [0.1, 0.15) is 50.4 Å². The van der Waals surface area contributed by atoms with Crippen LogP contribution in [0.1, 0.15) is 58.2 Å². The fourth-order valence-electron chi connectivity index (χ4n) is 4.38. The molecule has 0 amide bonds. The predicted octanol–water partition coefficient (Wildman–Crippen LogP) is 6.53. The van der Waals surface area contributed by atoms with E-state index < -0.39 is 11.2 Å². The number of phenols is 1. The molecule has 1 aromatic heterocycles. The van der Waals surface area contributed by atoms with Crippen LogP contribution in [0.15, 0.2) is 45.1 Å². The zero-order valence-corrected chi connectivity index (χ0v) is 19.8. The van der Waals surface area contributed by atoms with Crippen LogP contribution in [0.2, 0.25) is 0 Å². The fourth-order valence-corrected chi connectivity index (χ4v) is 4.38. The molecular formula is C28H28O5. The molecule has 33 heavy (non-hydrogen) atoms. The summed E-state index contributed by atoms with van der Waals surface area (Å²) in [5, 5.41) is 11.7. The van der Waals surface area contributed by atoms with Gasteiger partial charge < -0.3 is 19.0 Å². The molecule has 0 spiro atoms. The van der Waals surface area contributed by atoms with Crippen LogP contribution < -0.4 is 14.9 Å². The number of allylic oxidation sites excluding steroid dienone is 2. The molecular weight excluding hydrogens is 416 g/mol. The van der Waals surface area contributed by atoms with Gasteiger partial charge in [-0.1, -0.05) is 17.7 Å². The van der Waals surface area contributed by atoms with Gasteiger partial charge in [0.15, 0.2) is 0 Å². The molecule has 0 bridgehead atoms. The highest BCUT2D eigenvalue weighted by Gasteiger charge is 2.32. The molecule has 2 aliphatic rings. The lowest BCUT2D eigenvalue weighted by Gasteiger charge is -2.30. The molecule has 1 N–H and O–H groups in total. The van der Waals surface area contributed by atoms with Crippen LogP contribution in [0.4, 0.5) is 0 Å². The van der Waals surface area contributed by atoms with Crippen LogP contribution in [0, 0.1) is 0 Å². The minimum Gasteiger partial charge on any atom is -0.506 e. The highest BCUT2D eigenvalue weighted by atomic mass is 16.5. The average Bonchev–Trinajstić information content (AvgIpc) is 2.71. The van der Waals surface area contributed by atoms with Crippen molar-refractivity contribution in [2.45, 2.75) is 59.2 Å². The molecule has 2 aliphatic heterocycles. The van der Waals surface area contributed by atoms with Gasteiger partial charge in [-0.2, -0.15) is 0 Å². The standard InChI is InChI=1S/C28H28O5/c1-15(2)7-9-18-25-17(12-14-28(5,6)33-25)22(29)21-23(30)20-19(31-26(18)21)10-8-16-11-13-27(3,4)32-24(16)20/h7-8,10-14,29H,9H2,1-6H3. The van der Waals surface area contributed by atoms with Crippen molar-refractivity contribution in [3.63, 3.8) is 0 Å². The van der Waals surface area contributed by atoms with E-state index in [1.807, 2.05) is 71.9 Å². The van der Waals surface area contributed by atoms with Gasteiger partial charge in [0.25, 0.3) is 0 Å². The highest BCUT2D eigenvalue weighted by molar-refractivity contribution is 6.02. The molecule has 0 radical (unpaired) electrons. The van der Waals surface area contributed by atoms with E-state index in [1.54, 1.807) is 6.07 Å². The number of rotatable bonds is 2. The summed E-state index contributed by atoms with van der Waals surface area (Å²) in [7, 11) is 0. The Morgan fingerprint density at radius 1 is 0.970 bits per heavy atom. The molecule has 0 saturated carbocycles. The van der Waals surface area contributed by atoms with Crippen molar-refractivity contribution < 1.29 is 19.0 Å². The second-order valence-corrected chi connectivity index (χ2v) is 10.1. The first-order valence-corrected chi connectivity index (χ1v) is 11.2. The zero-order chi connectivity index (χ0) is 23.7. The van der Waals surface area contributed by atoms with Crippen molar-refractivity contribution in [1.82, 2.24) is 0 Å². The van der Waals surface area contributed by atoms with E-state index in [1.165, 1.54) is 0 Å². The minimum atomic E-state index is -0.558. The monoisotopic (exact) mass is 444 g/mol. The first-order chi connectivity index (χ1) is 15.5. The Bertz CT molecular complexity index is 1470. The molecule has 0 fully saturated rings. The van der Waals surface area contributed by atoms with E-state index in [0.717, 1.165) is 16.7 Å². The molecule has 0 aliphatic carbocycles. The Morgan fingerprint density at radius 2 is 1.64 bits per heavy atom. The topological polar surface area (TPSA) is 68.9 Å². The maximum atomic E-state index is 13.9. The van der Waals surface area contributed by atoms with Crippen molar-refractivity contribution >= 4 is 34.1 Å². The van der Waals surface area contributed by atoms with Gasteiger partial charge in [-0.3, -0.25) is 4.79 Å². The van der Waals surface area contributed by atoms with Gasteiger partial charge in [-0.15, -0.1) is 0 Å². The normalized spacial score (nSPS) is 17.3. The fraction of sp³-hybridized carbons (Fsp3) is 0.321. The lowest BCUT2D eigenvalue weighted by Crippen LogP contribution is -2.29. The maximum Gasteiger partial charge on any atom is 0.208 e. The minimum absolute atomic E-state index is 0.133. The van der Waals surface area contributed by atoms with Crippen molar-refractivity contribution in [3.8, 4) is 17.2 Å². The molecule has 2 aromatic carbocycles. The molecule has 5 heteroatoms. The van der Waals surface area contributed by atoms with Crippen molar-refractivity contribution in [2.75, 3.05) is 0 Å². The van der Waals surface area contributed by atoms with E-state index in [-0.39, 0.29) is 16.6 Å². The quantitative estimate of drug-likeness (QED) is 0.359. The first-order valence-electron chi connectivity index (χ1n) is 11.2. The number of fused-ring (bicyclic) bond motifs is 5. The molecule has 5 nitrogen and oxygen atoms in total. The number of aromatic hydroxyl groups is 1. The van der Waals surface area contributed by atoms with Crippen LogP contribution in [0.5, 0.6) is 17.2 Å². The first kappa shape index (κ1) is 21.4. The zero-order valence-electron chi connectivity index (χ0n) is 19.8. The molecule has 0 unspecified atom stereocenters. The lowest BCUT2D eigenvalue weighted by atomic mass is 9.93. The van der Waals surface area contributed by atoms with Gasteiger partial charge in [0.05, 0.1) is 5.56 Å². The molecule has 0 saturated heterocycles. The number of hydrogen-bond donors (Lipinski definition) is 1. The number of benzene rings is 2. The van der Waals surface area contributed by atoms with Crippen LogP contribution in [0.3, 0.4) is 0 Å². The van der Waals surface area contributed by atoms with Gasteiger partial charge in [-0.05, 0) is 78.3 Å². The van der Waals surface area contributed by atoms with Crippen molar-refractivity contribution in [3.05, 3.63) is 62.8 Å². The molecule has 3 heterocycles. The van der Waals surface area contributed by atoms with Gasteiger partial charge in [0.2, 0.25) is 5.43 Å². The van der Waals surface area contributed by atoms with E-state index in [2.05, 4.69) is 6.08 Å².